The standard InChI is InChI=1S/C12H23N3O/c1-11(2)9-13-10-12-14-5-7-15(12)6-3-4-8-16/h5,7,11,13,16H,3-4,6,8-10H2,1-2H3. The van der Waals surface area contributed by atoms with Crippen LogP contribution in [0, 0.1) is 5.92 Å². The molecule has 0 aliphatic heterocycles. The molecule has 0 amide bonds. The number of nitrogens with one attached hydrogen (secondary N) is 1. The highest BCUT2D eigenvalue weighted by Crippen LogP contribution is 2.01. The molecule has 4 heteroatoms. The molecule has 0 aromatic carbocycles. The second kappa shape index (κ2) is 7.41. The number of imidazole rings is 1. The fraction of sp³-hybridized carbons (Fsp3) is 0.750. The number of aliphatic hydroxyl groups is 1. The van der Waals surface area contributed by atoms with Gasteiger partial charge in [0.2, 0.25) is 0 Å². The average molecular weight is 225 g/mol. The Balaban J connectivity index is 2.32. The zero-order valence-corrected chi connectivity index (χ0v) is 10.3. The first-order valence-corrected chi connectivity index (χ1v) is 6.05. The van der Waals surface area contributed by atoms with Crippen LogP contribution in [0.2, 0.25) is 0 Å². The molecular formula is C12H23N3O. The molecule has 1 aromatic rings. The van der Waals surface area contributed by atoms with E-state index in [1.54, 1.807) is 0 Å². The number of hydrogen-bond donors (Lipinski definition) is 2. The van der Waals surface area contributed by atoms with E-state index in [0.29, 0.717) is 5.92 Å². The molecule has 0 saturated carbocycles. The van der Waals surface area contributed by atoms with Crippen LogP contribution in [0.3, 0.4) is 0 Å². The fourth-order valence-electron chi connectivity index (χ4n) is 1.58. The van der Waals surface area contributed by atoms with E-state index in [1.165, 1.54) is 0 Å². The molecule has 1 heterocycles. The van der Waals surface area contributed by atoms with E-state index >= 15 is 0 Å². The molecule has 0 unspecified atom stereocenters. The summed E-state index contributed by atoms with van der Waals surface area (Å²) in [6, 6.07) is 0. The molecular weight excluding hydrogens is 202 g/mol. The van der Waals surface area contributed by atoms with Gasteiger partial charge in [0, 0.05) is 25.5 Å². The number of aliphatic hydroxyl groups excluding tert-OH is 1. The fourth-order valence-corrected chi connectivity index (χ4v) is 1.58. The Bertz CT molecular complexity index is 284. The minimum Gasteiger partial charge on any atom is -0.396 e. The van der Waals surface area contributed by atoms with E-state index in [2.05, 4.69) is 28.7 Å². The molecule has 0 aliphatic carbocycles. The maximum absolute atomic E-state index is 8.73. The van der Waals surface area contributed by atoms with Gasteiger partial charge >= 0.3 is 0 Å². The van der Waals surface area contributed by atoms with Gasteiger partial charge in [-0.25, -0.2) is 4.98 Å². The van der Waals surface area contributed by atoms with Crippen molar-refractivity contribution in [2.24, 2.45) is 5.92 Å². The van der Waals surface area contributed by atoms with Gasteiger partial charge in [-0.2, -0.15) is 0 Å². The van der Waals surface area contributed by atoms with Crippen molar-refractivity contribution in [2.45, 2.75) is 39.8 Å². The summed E-state index contributed by atoms with van der Waals surface area (Å²) >= 11 is 0. The largest absolute Gasteiger partial charge is 0.396 e. The van der Waals surface area contributed by atoms with Gasteiger partial charge in [-0.15, -0.1) is 0 Å². The third-order valence-corrected chi connectivity index (χ3v) is 2.44. The summed E-state index contributed by atoms with van der Waals surface area (Å²) in [5, 5.41) is 12.1. The van der Waals surface area contributed by atoms with Crippen molar-refractivity contribution in [2.75, 3.05) is 13.2 Å². The Morgan fingerprint density at radius 3 is 2.94 bits per heavy atom. The second-order valence-electron chi connectivity index (χ2n) is 4.49. The van der Waals surface area contributed by atoms with Crippen LogP contribution >= 0.6 is 0 Å². The van der Waals surface area contributed by atoms with Crippen molar-refractivity contribution in [3.63, 3.8) is 0 Å². The second-order valence-corrected chi connectivity index (χ2v) is 4.49. The molecule has 0 spiro atoms. The third kappa shape index (κ3) is 4.77. The lowest BCUT2D eigenvalue weighted by Crippen LogP contribution is -2.21. The molecule has 0 aliphatic rings. The quantitative estimate of drug-likeness (QED) is 0.658. The molecule has 0 bridgehead atoms. The summed E-state index contributed by atoms with van der Waals surface area (Å²) < 4.78 is 2.16. The minimum atomic E-state index is 0.273. The highest BCUT2D eigenvalue weighted by molar-refractivity contribution is 4.91. The lowest BCUT2D eigenvalue weighted by molar-refractivity contribution is 0.281. The Morgan fingerprint density at radius 1 is 1.44 bits per heavy atom. The van der Waals surface area contributed by atoms with Crippen LogP contribution in [0.4, 0.5) is 0 Å². The number of unbranched alkanes of at least 4 members (excludes halogenated alkanes) is 1. The lowest BCUT2D eigenvalue weighted by Gasteiger charge is -2.09. The zero-order valence-electron chi connectivity index (χ0n) is 10.3. The van der Waals surface area contributed by atoms with Crippen molar-refractivity contribution in [3.8, 4) is 0 Å². The monoisotopic (exact) mass is 225 g/mol. The van der Waals surface area contributed by atoms with Crippen molar-refractivity contribution in [1.82, 2.24) is 14.9 Å². The van der Waals surface area contributed by atoms with Gasteiger partial charge in [-0.3, -0.25) is 0 Å². The number of aromatic nitrogens is 2. The van der Waals surface area contributed by atoms with Gasteiger partial charge in [0.1, 0.15) is 5.82 Å². The van der Waals surface area contributed by atoms with Crippen LogP contribution in [0.25, 0.3) is 0 Å². The Morgan fingerprint density at radius 2 is 2.25 bits per heavy atom. The Labute approximate surface area is 97.7 Å². The number of nitrogens with zero attached hydrogens (tertiary/aromatic N) is 2. The molecule has 16 heavy (non-hydrogen) atoms. The summed E-state index contributed by atoms with van der Waals surface area (Å²) in [4.78, 5) is 4.33. The molecule has 2 N–H and O–H groups in total. The van der Waals surface area contributed by atoms with Crippen LogP contribution in [0.15, 0.2) is 12.4 Å². The average Bonchev–Trinajstić information content (AvgIpc) is 2.66. The highest BCUT2D eigenvalue weighted by Gasteiger charge is 2.02. The van der Waals surface area contributed by atoms with Gasteiger partial charge in [0.05, 0.1) is 6.54 Å². The number of hydrogen-bond acceptors (Lipinski definition) is 3. The Hall–Kier alpha value is -0.870. The summed E-state index contributed by atoms with van der Waals surface area (Å²) in [6.07, 6.45) is 5.70. The van der Waals surface area contributed by atoms with Crippen molar-refractivity contribution >= 4 is 0 Å². The maximum Gasteiger partial charge on any atom is 0.122 e. The summed E-state index contributed by atoms with van der Waals surface area (Å²) in [6.45, 7) is 7.45. The SMILES string of the molecule is CC(C)CNCc1nccn1CCCCO. The van der Waals surface area contributed by atoms with E-state index in [-0.39, 0.29) is 6.61 Å². The molecule has 1 rings (SSSR count). The van der Waals surface area contributed by atoms with Crippen LogP contribution in [-0.4, -0.2) is 27.8 Å². The van der Waals surface area contributed by atoms with Crippen LogP contribution < -0.4 is 5.32 Å². The molecule has 92 valence electrons. The van der Waals surface area contributed by atoms with Gasteiger partial charge in [-0.1, -0.05) is 13.8 Å². The molecule has 0 fully saturated rings. The van der Waals surface area contributed by atoms with E-state index in [1.807, 2.05) is 12.4 Å². The van der Waals surface area contributed by atoms with E-state index in [9.17, 15) is 0 Å². The van der Waals surface area contributed by atoms with Crippen LogP contribution in [0.1, 0.15) is 32.5 Å². The molecule has 1 aromatic heterocycles. The number of rotatable bonds is 8. The van der Waals surface area contributed by atoms with E-state index in [0.717, 1.165) is 38.3 Å². The zero-order chi connectivity index (χ0) is 11.8. The summed E-state index contributed by atoms with van der Waals surface area (Å²) in [5.74, 6) is 1.75. The van der Waals surface area contributed by atoms with Crippen LogP contribution in [0.5, 0.6) is 0 Å². The summed E-state index contributed by atoms with van der Waals surface area (Å²) in [7, 11) is 0. The Kier molecular flexibility index (Phi) is 6.11. The van der Waals surface area contributed by atoms with Gasteiger partial charge in [0.15, 0.2) is 0 Å². The van der Waals surface area contributed by atoms with Gasteiger partial charge in [-0.05, 0) is 25.3 Å². The van der Waals surface area contributed by atoms with Crippen molar-refractivity contribution < 1.29 is 5.11 Å². The summed E-state index contributed by atoms with van der Waals surface area (Å²) in [5.41, 5.74) is 0. The first-order chi connectivity index (χ1) is 7.74. The normalized spacial score (nSPS) is 11.2. The predicted octanol–water partition coefficient (Wildman–Crippen LogP) is 1.40. The van der Waals surface area contributed by atoms with Crippen molar-refractivity contribution in [1.29, 1.82) is 0 Å². The van der Waals surface area contributed by atoms with Crippen LogP contribution in [-0.2, 0) is 13.1 Å². The van der Waals surface area contributed by atoms with Crippen molar-refractivity contribution in [3.05, 3.63) is 18.2 Å². The molecule has 0 radical (unpaired) electrons. The van der Waals surface area contributed by atoms with E-state index in [4.69, 9.17) is 5.11 Å². The lowest BCUT2D eigenvalue weighted by atomic mass is 10.2. The molecule has 0 atom stereocenters. The number of aryl methyl sites for hydroxylation is 1. The highest BCUT2D eigenvalue weighted by atomic mass is 16.2. The molecule has 0 saturated heterocycles. The van der Waals surface area contributed by atoms with Gasteiger partial charge in [0.25, 0.3) is 0 Å². The first kappa shape index (κ1) is 13.2. The smallest absolute Gasteiger partial charge is 0.122 e. The topological polar surface area (TPSA) is 50.1 Å². The minimum absolute atomic E-state index is 0.273. The van der Waals surface area contributed by atoms with Gasteiger partial charge < -0.3 is 15.0 Å². The predicted molar refractivity (Wildman–Crippen MR) is 65.1 cm³/mol. The third-order valence-electron chi connectivity index (χ3n) is 2.44. The molecule has 4 nitrogen and oxygen atoms in total. The van der Waals surface area contributed by atoms with E-state index < -0.39 is 0 Å². The maximum atomic E-state index is 8.73. The first-order valence-electron chi connectivity index (χ1n) is 6.05.